The van der Waals surface area contributed by atoms with Crippen LogP contribution in [0.5, 0.6) is 0 Å². The summed E-state index contributed by atoms with van der Waals surface area (Å²) < 4.78 is 0. The highest BCUT2D eigenvalue weighted by atomic mass is 30.4. The maximum absolute atomic E-state index is 1.00. The Kier molecular flexibility index (Phi) is 6.81. The van der Waals surface area contributed by atoms with Crippen LogP contribution in [0.25, 0.3) is 0 Å². The minimum Gasteiger partial charge on any atom is -0.00934 e. The first-order chi connectivity index (χ1) is 6.47. The second-order valence-corrected chi connectivity index (χ2v) is 139. The lowest BCUT2D eigenvalue weighted by Gasteiger charge is -2.25. The third-order valence-electron chi connectivity index (χ3n) is 4.22. The van der Waals surface area contributed by atoms with Gasteiger partial charge < -0.3 is 0 Å². The smallest absolute Gasteiger partial charge is 0.00647 e. The fraction of sp³-hybridized carbons (Fsp3) is 0. The number of hydrogen-bond acceptors (Lipinski definition) is 0. The van der Waals surface area contributed by atoms with Crippen molar-refractivity contribution in [1.82, 2.24) is 0 Å². The quantitative estimate of drug-likeness (QED) is 0.391. The van der Waals surface area contributed by atoms with Crippen LogP contribution in [0, 0.1) is 0 Å². The summed E-state index contributed by atoms with van der Waals surface area (Å²) in [6, 6.07) is 0. The van der Waals surface area contributed by atoms with E-state index in [1.54, 1.807) is 0 Å². The molecule has 0 unspecified atom stereocenters. The molecule has 0 saturated carbocycles. The lowest BCUT2D eigenvalue weighted by molar-refractivity contribution is 3.51. The van der Waals surface area contributed by atoms with Gasteiger partial charge in [0.05, 0.1) is 0 Å². The van der Waals surface area contributed by atoms with Crippen molar-refractivity contribution >= 4 is 109 Å². The Hall–Kier alpha value is 2.82. The van der Waals surface area contributed by atoms with Crippen LogP contribution in [0.15, 0.2) is 0 Å². The zero-order valence-corrected chi connectivity index (χ0v) is 26.8. The minimum atomic E-state index is 0.572. The fourth-order valence-electron chi connectivity index (χ4n) is 3.39. The molecule has 0 spiro atoms. The SMILES string of the molecule is [SiH2]1[SiH2][SiH2][SiH2][SiH]([SiH]2[SiH2][SiH2][SiH2][SiH2][SiH2]2)[SiH2][SiH2]1. The molecule has 13 heteroatoms. The van der Waals surface area contributed by atoms with E-state index in [-0.39, 0.29) is 0 Å². The van der Waals surface area contributed by atoms with Gasteiger partial charge in [-0.05, 0) is 109 Å². The second-order valence-electron chi connectivity index (χ2n) is 5.15. The van der Waals surface area contributed by atoms with Crippen molar-refractivity contribution in [2.75, 3.05) is 0 Å². The molecule has 0 aromatic rings. The topological polar surface area (TPSA) is 0 Å². The van der Waals surface area contributed by atoms with E-state index in [1.165, 1.54) is 0 Å². The molecule has 0 N–H and O–H groups in total. The Bertz CT molecular complexity index is 125. The molecule has 2 aliphatic heterocycles. The lowest BCUT2D eigenvalue weighted by Crippen LogP contribution is -2.62. The summed E-state index contributed by atoms with van der Waals surface area (Å²) in [5.41, 5.74) is 0. The molecule has 0 radical (unpaired) electrons. The predicted molar refractivity (Wildman–Crippen MR) is 108 cm³/mol. The molecule has 2 heterocycles. The Labute approximate surface area is 108 Å². The molecule has 0 aromatic carbocycles. The molecule has 0 bridgehead atoms. The molecule has 2 aliphatic rings. The summed E-state index contributed by atoms with van der Waals surface area (Å²) in [7, 11) is 11.9. The third kappa shape index (κ3) is 4.29. The third-order valence-corrected chi connectivity index (χ3v) is 342. The van der Waals surface area contributed by atoms with Gasteiger partial charge in [-0.3, -0.25) is 0 Å². The van der Waals surface area contributed by atoms with E-state index in [1.807, 2.05) is 0 Å². The molecule has 0 nitrogen and oxygen atoms in total. The molecular weight excluding hydrogens is 365 g/mol. The summed E-state index contributed by atoms with van der Waals surface area (Å²) in [4.78, 5) is 0. The number of rotatable bonds is 1. The normalized spacial score (nSPS) is 57.2. The first-order valence-corrected chi connectivity index (χ1v) is 58.2. The zero-order valence-electron chi connectivity index (χ0n) is 8.93. The summed E-state index contributed by atoms with van der Waals surface area (Å²) in [6.45, 7) is 0. The van der Waals surface area contributed by atoms with Crippen LogP contribution in [0.4, 0.5) is 0 Å². The van der Waals surface area contributed by atoms with Crippen LogP contribution in [0.2, 0.25) is 0 Å². The van der Waals surface area contributed by atoms with Crippen molar-refractivity contribution in [1.29, 1.82) is 0 Å². The van der Waals surface area contributed by atoms with Crippen molar-refractivity contribution in [2.45, 2.75) is 0 Å². The maximum atomic E-state index is 1.00. The van der Waals surface area contributed by atoms with Crippen molar-refractivity contribution in [3.05, 3.63) is 0 Å². The monoisotopic (exact) mass is 388 g/mol. The first kappa shape index (κ1) is 12.3. The summed E-state index contributed by atoms with van der Waals surface area (Å²) in [5.74, 6) is 0. The Morgan fingerprint density at radius 1 is 0.385 bits per heavy atom. The van der Waals surface area contributed by atoms with Crippen LogP contribution in [-0.4, -0.2) is 109 Å². The Morgan fingerprint density at radius 3 is 1.08 bits per heavy atom. The van der Waals surface area contributed by atoms with Gasteiger partial charge in [-0.15, -0.1) is 0 Å². The van der Waals surface area contributed by atoms with Crippen molar-refractivity contribution in [3.63, 3.8) is 0 Å². The van der Waals surface area contributed by atoms with E-state index in [2.05, 4.69) is 0 Å². The van der Waals surface area contributed by atoms with Crippen LogP contribution in [0.1, 0.15) is 0 Å². The highest BCUT2D eigenvalue weighted by Gasteiger charge is 2.27. The van der Waals surface area contributed by atoms with Crippen LogP contribution < -0.4 is 0 Å². The van der Waals surface area contributed by atoms with Crippen molar-refractivity contribution in [3.8, 4) is 0 Å². The van der Waals surface area contributed by atoms with Gasteiger partial charge >= 0.3 is 0 Å². The zero-order chi connectivity index (χ0) is 8.93. The van der Waals surface area contributed by atoms with E-state index in [9.17, 15) is 0 Å². The molecule has 0 atom stereocenters. The average Bonchev–Trinajstić information content (AvgIpc) is 2.47. The minimum absolute atomic E-state index is 0.572. The molecular formula is H24Si13. The molecule has 13 heavy (non-hydrogen) atoms. The van der Waals surface area contributed by atoms with Gasteiger partial charge in [-0.2, -0.15) is 0 Å². The van der Waals surface area contributed by atoms with Gasteiger partial charge in [0.1, 0.15) is 0 Å². The Balaban J connectivity index is 1.82. The summed E-state index contributed by atoms with van der Waals surface area (Å²) >= 11 is 0. The molecule has 0 amide bonds. The van der Waals surface area contributed by atoms with Gasteiger partial charge in [0.2, 0.25) is 0 Å². The molecule has 0 aromatic heterocycles. The lowest BCUT2D eigenvalue weighted by atomic mass is 25.8. The number of hydrogen-bond donors (Lipinski definition) is 0. The van der Waals surface area contributed by atoms with E-state index in [0.717, 1.165) is 94.1 Å². The van der Waals surface area contributed by atoms with E-state index in [4.69, 9.17) is 0 Å². The van der Waals surface area contributed by atoms with Crippen LogP contribution >= 0.6 is 0 Å². The Morgan fingerprint density at radius 2 is 0.692 bits per heavy atom. The van der Waals surface area contributed by atoms with Gasteiger partial charge in [0.25, 0.3) is 0 Å². The van der Waals surface area contributed by atoms with Gasteiger partial charge in [0.15, 0.2) is 0 Å². The standard InChI is InChI=1S/H24Si13/c1-2-5-9-12(8-4-1)13-10-6-3-7-11-13/h12-13H,1-11H2. The van der Waals surface area contributed by atoms with Gasteiger partial charge in [0, 0.05) is 0 Å². The molecule has 2 fully saturated rings. The predicted octanol–water partition coefficient (Wildman–Crippen LogP) is -11.4. The van der Waals surface area contributed by atoms with Gasteiger partial charge in [-0.1, -0.05) is 0 Å². The second kappa shape index (κ2) is 7.20. The van der Waals surface area contributed by atoms with Crippen molar-refractivity contribution < 1.29 is 0 Å². The van der Waals surface area contributed by atoms with Gasteiger partial charge in [-0.25, -0.2) is 0 Å². The largest absolute Gasteiger partial charge is 0.00934 e. The van der Waals surface area contributed by atoms with Crippen LogP contribution in [0.3, 0.4) is 0 Å². The van der Waals surface area contributed by atoms with Crippen molar-refractivity contribution in [2.24, 2.45) is 0 Å². The molecule has 2 saturated heterocycles. The van der Waals surface area contributed by atoms with Crippen LogP contribution in [-0.2, 0) is 0 Å². The fourth-order valence-corrected chi connectivity index (χ4v) is 823. The highest BCUT2D eigenvalue weighted by Crippen LogP contribution is 1.90. The average molecular weight is 389 g/mol. The maximum Gasteiger partial charge on any atom is -0.00647 e. The van der Waals surface area contributed by atoms with E-state index in [0.29, 0.717) is 14.7 Å². The molecule has 2 rings (SSSR count). The molecule has 76 valence electrons. The molecule has 0 aliphatic carbocycles. The summed E-state index contributed by atoms with van der Waals surface area (Å²) in [6.07, 6.45) is 0. The van der Waals surface area contributed by atoms with E-state index >= 15 is 0 Å². The highest BCUT2D eigenvalue weighted by molar-refractivity contribution is 8.03. The summed E-state index contributed by atoms with van der Waals surface area (Å²) in [5, 5.41) is 0. The van der Waals surface area contributed by atoms with E-state index < -0.39 is 0 Å². The first-order valence-electron chi connectivity index (χ1n) is 6.47.